The van der Waals surface area contributed by atoms with Gasteiger partial charge in [0, 0.05) is 0 Å². The molecule has 2 aliphatic heterocycles. The average molecular weight is 518 g/mol. The minimum absolute atomic E-state index is 0.256. The SMILES string of the molecule is Cc1ccc2c(c1)CC[C@H]([Se]c1c([C@@H]3CCCO3)cccc1[C@@H]1CCCO1)[C@H]2c1ccccc1. The first-order valence-corrected chi connectivity index (χ1v) is 14.8. The van der Waals surface area contributed by atoms with E-state index in [1.165, 1.54) is 47.9 Å². The van der Waals surface area contributed by atoms with Gasteiger partial charge in [0.25, 0.3) is 0 Å². The molecule has 0 spiro atoms. The molecule has 0 radical (unpaired) electrons. The molecule has 3 aromatic carbocycles. The Morgan fingerprint density at radius 2 is 1.44 bits per heavy atom. The van der Waals surface area contributed by atoms with Gasteiger partial charge in [0.2, 0.25) is 0 Å². The Hall–Kier alpha value is -1.90. The van der Waals surface area contributed by atoms with Gasteiger partial charge in [-0.3, -0.25) is 0 Å². The van der Waals surface area contributed by atoms with Crippen LogP contribution in [0.25, 0.3) is 0 Å². The van der Waals surface area contributed by atoms with E-state index >= 15 is 0 Å². The first-order valence-electron chi connectivity index (χ1n) is 12.9. The quantitative estimate of drug-likeness (QED) is 0.356. The van der Waals surface area contributed by atoms with Gasteiger partial charge in [-0.15, -0.1) is 0 Å². The van der Waals surface area contributed by atoms with Crippen LogP contribution in [-0.4, -0.2) is 28.2 Å². The number of aryl methyl sites for hydroxylation is 2. The van der Waals surface area contributed by atoms with Gasteiger partial charge < -0.3 is 0 Å². The summed E-state index contributed by atoms with van der Waals surface area (Å²) in [6, 6.07) is 25.3. The second kappa shape index (κ2) is 9.99. The Balaban J connectivity index is 1.43. The summed E-state index contributed by atoms with van der Waals surface area (Å²) in [7, 11) is 0. The molecule has 176 valence electrons. The van der Waals surface area contributed by atoms with Gasteiger partial charge in [-0.25, -0.2) is 0 Å². The number of fused-ring (bicyclic) bond motifs is 1. The summed E-state index contributed by atoms with van der Waals surface area (Å²) in [5.74, 6) is 0.459. The van der Waals surface area contributed by atoms with Gasteiger partial charge in [0.1, 0.15) is 0 Å². The van der Waals surface area contributed by atoms with Crippen molar-refractivity contribution < 1.29 is 9.47 Å². The van der Waals surface area contributed by atoms with Crippen molar-refractivity contribution in [2.75, 3.05) is 13.2 Å². The predicted molar refractivity (Wildman–Crippen MR) is 139 cm³/mol. The number of benzene rings is 3. The third-order valence-corrected chi connectivity index (χ3v) is 10.9. The Kier molecular flexibility index (Phi) is 6.63. The third kappa shape index (κ3) is 4.40. The summed E-state index contributed by atoms with van der Waals surface area (Å²) in [6.45, 7) is 4.01. The van der Waals surface area contributed by atoms with Crippen molar-refractivity contribution in [2.45, 2.75) is 68.4 Å². The van der Waals surface area contributed by atoms with Crippen LogP contribution in [0.4, 0.5) is 0 Å². The Labute approximate surface area is 210 Å². The molecular weight excluding hydrogens is 483 g/mol. The molecule has 6 rings (SSSR count). The summed E-state index contributed by atoms with van der Waals surface area (Å²) in [4.78, 5) is 0.632. The zero-order chi connectivity index (χ0) is 22.9. The molecule has 4 atom stereocenters. The maximum absolute atomic E-state index is 6.24. The summed E-state index contributed by atoms with van der Waals surface area (Å²) < 4.78 is 14.1. The molecule has 34 heavy (non-hydrogen) atoms. The van der Waals surface area contributed by atoms with Crippen molar-refractivity contribution in [3.05, 3.63) is 100 Å². The number of hydrogen-bond acceptors (Lipinski definition) is 2. The van der Waals surface area contributed by atoms with Gasteiger partial charge in [0.15, 0.2) is 0 Å². The maximum atomic E-state index is 6.24. The Morgan fingerprint density at radius 3 is 2.09 bits per heavy atom. The number of ether oxygens (including phenoxy) is 2. The molecular formula is C31H34O2Se. The Morgan fingerprint density at radius 1 is 0.735 bits per heavy atom. The van der Waals surface area contributed by atoms with Crippen molar-refractivity contribution in [3.63, 3.8) is 0 Å². The van der Waals surface area contributed by atoms with Gasteiger partial charge in [-0.1, -0.05) is 0 Å². The van der Waals surface area contributed by atoms with Gasteiger partial charge in [0.05, 0.1) is 0 Å². The molecule has 2 saturated heterocycles. The van der Waals surface area contributed by atoms with Crippen molar-refractivity contribution in [1.29, 1.82) is 0 Å². The van der Waals surface area contributed by atoms with Crippen LogP contribution < -0.4 is 4.46 Å². The van der Waals surface area contributed by atoms with E-state index in [0.29, 0.717) is 25.7 Å². The van der Waals surface area contributed by atoms with E-state index in [1.54, 1.807) is 15.6 Å². The molecule has 2 heterocycles. The molecule has 0 bridgehead atoms. The molecule has 2 nitrogen and oxygen atoms in total. The molecule has 3 aromatic rings. The van der Waals surface area contributed by atoms with E-state index in [4.69, 9.17) is 9.47 Å². The zero-order valence-corrected chi connectivity index (χ0v) is 21.8. The molecule has 0 saturated carbocycles. The first-order chi connectivity index (χ1) is 16.8. The second-order valence-electron chi connectivity index (χ2n) is 10.1. The van der Waals surface area contributed by atoms with Crippen molar-refractivity contribution >= 4 is 19.4 Å². The van der Waals surface area contributed by atoms with E-state index in [0.717, 1.165) is 26.1 Å². The van der Waals surface area contributed by atoms with E-state index in [-0.39, 0.29) is 12.2 Å². The summed E-state index contributed by atoms with van der Waals surface area (Å²) >= 11 is 0.340. The fourth-order valence-corrected chi connectivity index (χ4v) is 9.58. The molecule has 0 amide bonds. The van der Waals surface area contributed by atoms with Crippen LogP contribution in [-0.2, 0) is 15.9 Å². The normalized spacial score (nSPS) is 26.5. The van der Waals surface area contributed by atoms with Crippen LogP contribution in [0.1, 0.15) is 83.6 Å². The second-order valence-corrected chi connectivity index (χ2v) is 12.7. The standard InChI is InChI=1S/C31H34O2Se/c1-21-14-16-24-23(20-21)15-17-29(30(24)22-8-3-2-4-9-22)34-31-25(27-12-6-18-32-27)10-5-11-26(31)28-13-7-19-33-28/h2-5,8-11,14,16,20,27-30H,6-7,12-13,15,17-19H2,1H3/t27-,28-,29-,30-/m0/s1. The third-order valence-electron chi connectivity index (χ3n) is 7.76. The van der Waals surface area contributed by atoms with Crippen LogP contribution in [0.15, 0.2) is 66.7 Å². The molecule has 3 heteroatoms. The van der Waals surface area contributed by atoms with Crippen LogP contribution in [0.5, 0.6) is 0 Å². The van der Waals surface area contributed by atoms with E-state index in [2.05, 4.69) is 73.7 Å². The number of hydrogen-bond donors (Lipinski definition) is 0. The molecule has 0 unspecified atom stereocenters. The molecule has 0 N–H and O–H groups in total. The van der Waals surface area contributed by atoms with Crippen molar-refractivity contribution in [1.82, 2.24) is 0 Å². The molecule has 2 fully saturated rings. The van der Waals surface area contributed by atoms with Crippen molar-refractivity contribution in [2.24, 2.45) is 0 Å². The Bertz CT molecular complexity index is 1100. The zero-order valence-electron chi connectivity index (χ0n) is 20.0. The molecule has 1 aliphatic carbocycles. The fourth-order valence-electron chi connectivity index (χ4n) is 6.11. The van der Waals surface area contributed by atoms with Gasteiger partial charge in [-0.2, -0.15) is 0 Å². The van der Waals surface area contributed by atoms with Crippen LogP contribution in [0.3, 0.4) is 0 Å². The summed E-state index contributed by atoms with van der Waals surface area (Å²) in [6.07, 6.45) is 7.58. The predicted octanol–water partition coefficient (Wildman–Crippen LogP) is 6.59. The number of rotatable bonds is 5. The van der Waals surface area contributed by atoms with Gasteiger partial charge in [-0.05, 0) is 0 Å². The van der Waals surface area contributed by atoms with Crippen molar-refractivity contribution in [3.8, 4) is 0 Å². The first kappa shape index (κ1) is 22.6. The minimum atomic E-state index is 0.256. The van der Waals surface area contributed by atoms with Gasteiger partial charge >= 0.3 is 211 Å². The molecule has 0 aromatic heterocycles. The summed E-state index contributed by atoms with van der Waals surface area (Å²) in [5.41, 5.74) is 8.83. The summed E-state index contributed by atoms with van der Waals surface area (Å²) in [5, 5.41) is 0. The van der Waals surface area contributed by atoms with Crippen LogP contribution >= 0.6 is 0 Å². The monoisotopic (exact) mass is 518 g/mol. The van der Waals surface area contributed by atoms with E-state index < -0.39 is 0 Å². The van der Waals surface area contributed by atoms with E-state index in [1.807, 2.05) is 0 Å². The average Bonchev–Trinajstić information content (AvgIpc) is 3.59. The van der Waals surface area contributed by atoms with E-state index in [9.17, 15) is 0 Å². The van der Waals surface area contributed by atoms with Crippen LogP contribution in [0.2, 0.25) is 4.82 Å². The molecule has 3 aliphatic rings. The fraction of sp³-hybridized carbons (Fsp3) is 0.419. The topological polar surface area (TPSA) is 18.5 Å². The van der Waals surface area contributed by atoms with Crippen LogP contribution in [0, 0.1) is 6.92 Å².